The van der Waals surface area contributed by atoms with Crippen LogP contribution in [-0.2, 0) is 19.1 Å². The molecule has 1 aliphatic rings. The molecule has 1 saturated carbocycles. The van der Waals surface area contributed by atoms with Crippen molar-refractivity contribution < 1.29 is 19.1 Å². The van der Waals surface area contributed by atoms with Gasteiger partial charge in [0.25, 0.3) is 0 Å². The van der Waals surface area contributed by atoms with E-state index in [1.54, 1.807) is 4.90 Å². The highest BCUT2D eigenvalue weighted by atomic mass is 16.5. The molecule has 1 fully saturated rings. The molecule has 1 rings (SSSR count). The molecule has 2 amide bonds. The highest BCUT2D eigenvalue weighted by Gasteiger charge is 2.19. The molecular formula is C18H32N2O4. The van der Waals surface area contributed by atoms with E-state index in [0.717, 1.165) is 6.42 Å². The minimum Gasteiger partial charge on any atom is -0.469 e. The van der Waals surface area contributed by atoms with Crippen molar-refractivity contribution in [1.82, 2.24) is 10.2 Å². The Bertz CT molecular complexity index is 406. The van der Waals surface area contributed by atoms with E-state index in [9.17, 15) is 14.4 Å². The fraction of sp³-hybridized carbons (Fsp3) is 0.833. The van der Waals surface area contributed by atoms with Crippen molar-refractivity contribution in [3.63, 3.8) is 0 Å². The fourth-order valence-electron chi connectivity index (χ4n) is 3.19. The molecule has 138 valence electrons. The summed E-state index contributed by atoms with van der Waals surface area (Å²) in [5.41, 5.74) is 0. The molecule has 0 unspecified atom stereocenters. The molecular weight excluding hydrogens is 308 g/mol. The van der Waals surface area contributed by atoms with Crippen LogP contribution in [0.5, 0.6) is 0 Å². The SMILES string of the molecule is COC(=O)CCN(CCCNC(C)=O)C(=O)CCC1CCCCC1. The molecule has 24 heavy (non-hydrogen) atoms. The molecule has 0 bridgehead atoms. The molecule has 1 N–H and O–H groups in total. The summed E-state index contributed by atoms with van der Waals surface area (Å²) in [7, 11) is 1.36. The Labute approximate surface area is 145 Å². The summed E-state index contributed by atoms with van der Waals surface area (Å²) < 4.78 is 4.66. The lowest BCUT2D eigenvalue weighted by Gasteiger charge is -2.25. The normalized spacial score (nSPS) is 14.9. The monoisotopic (exact) mass is 340 g/mol. The lowest BCUT2D eigenvalue weighted by atomic mass is 9.86. The maximum atomic E-state index is 12.5. The van der Waals surface area contributed by atoms with Crippen molar-refractivity contribution in [2.24, 2.45) is 5.92 Å². The summed E-state index contributed by atoms with van der Waals surface area (Å²) in [4.78, 5) is 36.5. The molecule has 0 aromatic heterocycles. The largest absolute Gasteiger partial charge is 0.469 e. The average molecular weight is 340 g/mol. The van der Waals surface area contributed by atoms with Crippen LogP contribution >= 0.6 is 0 Å². The van der Waals surface area contributed by atoms with Crippen LogP contribution in [0, 0.1) is 5.92 Å². The first-order valence-electron chi connectivity index (χ1n) is 9.12. The van der Waals surface area contributed by atoms with Crippen LogP contribution in [0.1, 0.15) is 64.7 Å². The van der Waals surface area contributed by atoms with Gasteiger partial charge in [0.1, 0.15) is 0 Å². The van der Waals surface area contributed by atoms with Gasteiger partial charge in [0, 0.05) is 33.0 Å². The van der Waals surface area contributed by atoms with Gasteiger partial charge in [0.2, 0.25) is 11.8 Å². The number of carbonyl (C=O) groups excluding carboxylic acids is 3. The van der Waals surface area contributed by atoms with Crippen LogP contribution in [-0.4, -0.2) is 49.4 Å². The number of amides is 2. The third kappa shape index (κ3) is 8.89. The number of rotatable bonds is 10. The number of methoxy groups -OCH3 is 1. The molecule has 0 aromatic rings. The fourth-order valence-corrected chi connectivity index (χ4v) is 3.19. The maximum Gasteiger partial charge on any atom is 0.307 e. The van der Waals surface area contributed by atoms with Gasteiger partial charge in [0.15, 0.2) is 0 Å². The van der Waals surface area contributed by atoms with E-state index in [1.807, 2.05) is 0 Å². The Balaban J connectivity index is 2.39. The molecule has 0 aliphatic heterocycles. The van der Waals surface area contributed by atoms with E-state index in [4.69, 9.17) is 0 Å². The maximum absolute atomic E-state index is 12.5. The number of hydrogen-bond acceptors (Lipinski definition) is 4. The van der Waals surface area contributed by atoms with E-state index < -0.39 is 0 Å². The Morgan fingerprint density at radius 2 is 1.79 bits per heavy atom. The zero-order chi connectivity index (χ0) is 17.8. The van der Waals surface area contributed by atoms with Crippen LogP contribution in [0.15, 0.2) is 0 Å². The third-order valence-corrected chi connectivity index (χ3v) is 4.64. The standard InChI is InChI=1S/C18H32N2O4/c1-15(21)19-12-6-13-20(14-11-18(23)24-2)17(22)10-9-16-7-4-3-5-8-16/h16H,3-14H2,1-2H3,(H,19,21). The highest BCUT2D eigenvalue weighted by Crippen LogP contribution is 2.27. The van der Waals surface area contributed by atoms with Gasteiger partial charge in [-0.1, -0.05) is 32.1 Å². The summed E-state index contributed by atoms with van der Waals surface area (Å²) >= 11 is 0. The topological polar surface area (TPSA) is 75.7 Å². The summed E-state index contributed by atoms with van der Waals surface area (Å²) in [5, 5.41) is 2.73. The van der Waals surface area contributed by atoms with Crippen LogP contribution in [0.4, 0.5) is 0 Å². The van der Waals surface area contributed by atoms with Gasteiger partial charge in [-0.15, -0.1) is 0 Å². The summed E-state index contributed by atoms with van der Waals surface area (Å²) in [6.07, 6.45) is 8.74. The van der Waals surface area contributed by atoms with Gasteiger partial charge in [-0.2, -0.15) is 0 Å². The van der Waals surface area contributed by atoms with Crippen molar-refractivity contribution in [3.05, 3.63) is 0 Å². The zero-order valence-corrected chi connectivity index (χ0v) is 15.1. The van der Waals surface area contributed by atoms with Crippen molar-refractivity contribution >= 4 is 17.8 Å². The second-order valence-corrected chi connectivity index (χ2v) is 6.59. The molecule has 0 aromatic carbocycles. The quantitative estimate of drug-likeness (QED) is 0.489. The van der Waals surface area contributed by atoms with Crippen LogP contribution in [0.3, 0.4) is 0 Å². The average Bonchev–Trinajstić information content (AvgIpc) is 2.59. The smallest absolute Gasteiger partial charge is 0.307 e. The van der Waals surface area contributed by atoms with Crippen molar-refractivity contribution in [2.75, 3.05) is 26.7 Å². The second kappa shape index (κ2) is 11.9. The third-order valence-electron chi connectivity index (χ3n) is 4.64. The lowest BCUT2D eigenvalue weighted by Crippen LogP contribution is -2.36. The molecule has 0 atom stereocenters. The molecule has 0 spiro atoms. The number of esters is 1. The van der Waals surface area contributed by atoms with Crippen LogP contribution in [0.25, 0.3) is 0 Å². The number of carbonyl (C=O) groups is 3. The molecule has 0 radical (unpaired) electrons. The number of ether oxygens (including phenoxy) is 1. The Kier molecular flexibility index (Phi) is 10.1. The van der Waals surface area contributed by atoms with Crippen molar-refractivity contribution in [3.8, 4) is 0 Å². The first-order chi connectivity index (χ1) is 11.5. The number of nitrogens with zero attached hydrogens (tertiary/aromatic N) is 1. The summed E-state index contributed by atoms with van der Waals surface area (Å²) in [5.74, 6) is 0.401. The van der Waals surface area contributed by atoms with E-state index in [0.29, 0.717) is 38.4 Å². The first kappa shape index (κ1) is 20.5. The molecule has 1 aliphatic carbocycles. The Morgan fingerprint density at radius 1 is 1.08 bits per heavy atom. The lowest BCUT2D eigenvalue weighted by molar-refractivity contribution is -0.141. The minimum absolute atomic E-state index is 0.0697. The van der Waals surface area contributed by atoms with E-state index >= 15 is 0 Å². The molecule has 6 nitrogen and oxygen atoms in total. The molecule has 0 heterocycles. The molecule has 0 saturated heterocycles. The Morgan fingerprint density at radius 3 is 2.42 bits per heavy atom. The summed E-state index contributed by atoms with van der Waals surface area (Å²) in [6.45, 7) is 2.96. The van der Waals surface area contributed by atoms with Gasteiger partial charge in [-0.3, -0.25) is 14.4 Å². The predicted octanol–water partition coefficient (Wildman–Crippen LogP) is 2.26. The van der Waals surface area contributed by atoms with Crippen LogP contribution < -0.4 is 5.32 Å². The Hall–Kier alpha value is -1.59. The van der Waals surface area contributed by atoms with Gasteiger partial charge in [-0.25, -0.2) is 0 Å². The van der Waals surface area contributed by atoms with Gasteiger partial charge >= 0.3 is 5.97 Å². The van der Waals surface area contributed by atoms with E-state index in [1.165, 1.54) is 46.1 Å². The van der Waals surface area contributed by atoms with Gasteiger partial charge < -0.3 is 15.0 Å². The minimum atomic E-state index is -0.304. The van der Waals surface area contributed by atoms with Gasteiger partial charge in [-0.05, 0) is 18.8 Å². The zero-order valence-electron chi connectivity index (χ0n) is 15.1. The number of nitrogens with one attached hydrogen (secondary N) is 1. The second-order valence-electron chi connectivity index (χ2n) is 6.59. The first-order valence-corrected chi connectivity index (χ1v) is 9.12. The number of hydrogen-bond donors (Lipinski definition) is 1. The molecule has 6 heteroatoms. The van der Waals surface area contributed by atoms with Crippen molar-refractivity contribution in [1.29, 1.82) is 0 Å². The summed E-state index contributed by atoms with van der Waals surface area (Å²) in [6, 6.07) is 0. The van der Waals surface area contributed by atoms with E-state index in [2.05, 4.69) is 10.1 Å². The highest BCUT2D eigenvalue weighted by molar-refractivity contribution is 5.77. The van der Waals surface area contributed by atoms with Crippen molar-refractivity contribution in [2.45, 2.75) is 64.7 Å². The van der Waals surface area contributed by atoms with E-state index in [-0.39, 0.29) is 24.2 Å². The van der Waals surface area contributed by atoms with Gasteiger partial charge in [0.05, 0.1) is 13.5 Å². The van der Waals surface area contributed by atoms with Crippen LogP contribution in [0.2, 0.25) is 0 Å². The predicted molar refractivity (Wildman–Crippen MR) is 92.3 cm³/mol.